The average molecular weight is 372 g/mol. The van der Waals surface area contributed by atoms with Crippen LogP contribution in [0.3, 0.4) is 0 Å². The highest BCUT2D eigenvalue weighted by atomic mass is 79.9. The van der Waals surface area contributed by atoms with Gasteiger partial charge in [0.1, 0.15) is 0 Å². The van der Waals surface area contributed by atoms with Crippen LogP contribution in [0.4, 0.5) is 0 Å². The molecule has 1 saturated carbocycles. The van der Waals surface area contributed by atoms with Crippen molar-refractivity contribution < 1.29 is 14.4 Å². The fourth-order valence-corrected chi connectivity index (χ4v) is 3.08. The Morgan fingerprint density at radius 1 is 1.43 bits per heavy atom. The molecule has 1 aromatic heterocycles. The Morgan fingerprint density at radius 3 is 2.90 bits per heavy atom. The van der Waals surface area contributed by atoms with Gasteiger partial charge in [-0.1, -0.05) is 16.8 Å². The molecular formula is C14H12BrClN2O3. The Balaban J connectivity index is 1.80. The zero-order chi connectivity index (χ0) is 15.0. The number of hydrogen-bond donors (Lipinski definition) is 1. The van der Waals surface area contributed by atoms with Gasteiger partial charge in [0.2, 0.25) is 11.7 Å². The van der Waals surface area contributed by atoms with Gasteiger partial charge in [-0.2, -0.15) is 4.98 Å². The summed E-state index contributed by atoms with van der Waals surface area (Å²) in [5.41, 5.74) is 0.800. The van der Waals surface area contributed by atoms with Gasteiger partial charge in [-0.15, -0.1) is 0 Å². The highest BCUT2D eigenvalue weighted by Crippen LogP contribution is 2.38. The predicted octanol–water partition coefficient (Wildman–Crippen LogP) is 4.12. The number of carboxylic acid groups (broad SMARTS) is 1. The normalized spacial score (nSPS) is 21.6. The molecule has 21 heavy (non-hydrogen) atoms. The largest absolute Gasteiger partial charge is 0.481 e. The van der Waals surface area contributed by atoms with Crippen LogP contribution in [-0.2, 0) is 4.79 Å². The van der Waals surface area contributed by atoms with Gasteiger partial charge in [-0.3, -0.25) is 4.79 Å². The van der Waals surface area contributed by atoms with Gasteiger partial charge in [0.25, 0.3) is 0 Å². The van der Waals surface area contributed by atoms with E-state index in [1.165, 1.54) is 0 Å². The summed E-state index contributed by atoms with van der Waals surface area (Å²) in [6.45, 7) is 0. The summed E-state index contributed by atoms with van der Waals surface area (Å²) >= 11 is 9.31. The fraction of sp³-hybridized carbons (Fsp3) is 0.357. The monoisotopic (exact) mass is 370 g/mol. The summed E-state index contributed by atoms with van der Waals surface area (Å²) in [5, 5.41) is 13.6. The highest BCUT2D eigenvalue weighted by Gasteiger charge is 2.33. The minimum Gasteiger partial charge on any atom is -0.481 e. The molecule has 1 fully saturated rings. The van der Waals surface area contributed by atoms with E-state index in [1.54, 1.807) is 6.07 Å². The summed E-state index contributed by atoms with van der Waals surface area (Å²) in [6.07, 6.45) is 1.98. The van der Waals surface area contributed by atoms with Crippen molar-refractivity contribution in [3.8, 4) is 11.4 Å². The second kappa shape index (κ2) is 5.77. The Kier molecular flexibility index (Phi) is 3.99. The molecule has 0 aliphatic heterocycles. The summed E-state index contributed by atoms with van der Waals surface area (Å²) in [7, 11) is 0. The smallest absolute Gasteiger partial charge is 0.306 e. The molecule has 1 aromatic carbocycles. The van der Waals surface area contributed by atoms with E-state index in [0.717, 1.165) is 16.5 Å². The van der Waals surface area contributed by atoms with E-state index in [1.807, 2.05) is 12.1 Å². The standard InChI is InChI=1S/C14H12BrClN2O3/c15-10-6-7(3-4-11(10)16)12-17-13(21-18-12)8-1-2-9(5-8)14(19)20/h3-4,6,8-9H,1-2,5H2,(H,19,20). The first-order valence-corrected chi connectivity index (χ1v) is 7.73. The molecule has 0 spiro atoms. The molecule has 5 nitrogen and oxygen atoms in total. The number of rotatable bonds is 3. The molecule has 0 saturated heterocycles. The number of carbonyl (C=O) groups is 1. The van der Waals surface area contributed by atoms with Gasteiger partial charge in [0, 0.05) is 16.0 Å². The molecule has 1 N–H and O–H groups in total. The van der Waals surface area contributed by atoms with Crippen molar-refractivity contribution in [1.82, 2.24) is 10.1 Å². The number of aliphatic carboxylic acids is 1. The van der Waals surface area contributed by atoms with E-state index in [-0.39, 0.29) is 11.8 Å². The van der Waals surface area contributed by atoms with E-state index < -0.39 is 5.97 Å². The zero-order valence-corrected chi connectivity index (χ0v) is 13.3. The molecule has 110 valence electrons. The van der Waals surface area contributed by atoms with Gasteiger partial charge in [-0.05, 0) is 53.4 Å². The van der Waals surface area contributed by atoms with Crippen LogP contribution in [0.5, 0.6) is 0 Å². The lowest BCUT2D eigenvalue weighted by atomic mass is 10.1. The minimum atomic E-state index is -0.751. The molecule has 0 radical (unpaired) electrons. The van der Waals surface area contributed by atoms with E-state index in [9.17, 15) is 4.79 Å². The second-order valence-electron chi connectivity index (χ2n) is 5.13. The number of aromatic nitrogens is 2. The molecule has 1 aliphatic carbocycles. The molecule has 1 aliphatic rings. The number of halogens is 2. The van der Waals surface area contributed by atoms with Gasteiger partial charge in [0.15, 0.2) is 0 Å². The maximum Gasteiger partial charge on any atom is 0.306 e. The zero-order valence-electron chi connectivity index (χ0n) is 10.9. The van der Waals surface area contributed by atoms with Gasteiger partial charge in [-0.25, -0.2) is 0 Å². The van der Waals surface area contributed by atoms with E-state index in [4.69, 9.17) is 21.2 Å². The van der Waals surface area contributed by atoms with Gasteiger partial charge < -0.3 is 9.63 Å². The quantitative estimate of drug-likeness (QED) is 0.878. The highest BCUT2D eigenvalue weighted by molar-refractivity contribution is 9.10. The van der Waals surface area contributed by atoms with Crippen LogP contribution in [0.15, 0.2) is 27.2 Å². The number of hydrogen-bond acceptors (Lipinski definition) is 4. The van der Waals surface area contributed by atoms with Gasteiger partial charge in [0.05, 0.1) is 10.9 Å². The maximum atomic E-state index is 11.0. The van der Waals surface area contributed by atoms with Crippen LogP contribution in [0.1, 0.15) is 31.1 Å². The third-order valence-corrected chi connectivity index (χ3v) is 4.96. The minimum absolute atomic E-state index is 0.0306. The lowest BCUT2D eigenvalue weighted by molar-refractivity contribution is -0.141. The van der Waals surface area contributed by atoms with Crippen molar-refractivity contribution in [2.45, 2.75) is 25.2 Å². The molecule has 2 unspecified atom stereocenters. The van der Waals surface area contributed by atoms with Crippen LogP contribution >= 0.6 is 27.5 Å². The Morgan fingerprint density at radius 2 is 2.24 bits per heavy atom. The van der Waals surface area contributed by atoms with Crippen molar-refractivity contribution in [3.63, 3.8) is 0 Å². The lowest BCUT2D eigenvalue weighted by Crippen LogP contribution is -2.09. The molecule has 7 heteroatoms. The summed E-state index contributed by atoms with van der Waals surface area (Å²) < 4.78 is 6.06. The van der Waals surface area contributed by atoms with E-state index in [0.29, 0.717) is 29.6 Å². The third kappa shape index (κ3) is 2.96. The summed E-state index contributed by atoms with van der Waals surface area (Å²) in [5.74, 6) is -0.0297. The fourth-order valence-electron chi connectivity index (χ4n) is 2.58. The maximum absolute atomic E-state index is 11.0. The van der Waals surface area contributed by atoms with Crippen LogP contribution in [0.2, 0.25) is 5.02 Å². The van der Waals surface area contributed by atoms with Crippen molar-refractivity contribution in [2.75, 3.05) is 0 Å². The number of carboxylic acids is 1. The van der Waals surface area contributed by atoms with Crippen LogP contribution in [0, 0.1) is 5.92 Å². The van der Waals surface area contributed by atoms with Crippen LogP contribution in [-0.4, -0.2) is 21.2 Å². The molecule has 1 heterocycles. The Hall–Kier alpha value is -1.40. The summed E-state index contributed by atoms with van der Waals surface area (Å²) in [4.78, 5) is 15.4. The number of benzene rings is 1. The van der Waals surface area contributed by atoms with Crippen molar-refractivity contribution in [2.24, 2.45) is 5.92 Å². The SMILES string of the molecule is O=C(O)C1CCC(c2nc(-c3ccc(Cl)c(Br)c3)no2)C1. The van der Waals surface area contributed by atoms with Crippen molar-refractivity contribution >= 4 is 33.5 Å². The summed E-state index contributed by atoms with van der Waals surface area (Å²) in [6, 6.07) is 5.40. The molecule has 2 atom stereocenters. The molecule has 2 aromatic rings. The van der Waals surface area contributed by atoms with E-state index >= 15 is 0 Å². The van der Waals surface area contributed by atoms with Crippen LogP contribution in [0.25, 0.3) is 11.4 Å². The predicted molar refractivity (Wildman–Crippen MR) is 80.2 cm³/mol. The van der Waals surface area contributed by atoms with Crippen molar-refractivity contribution in [1.29, 1.82) is 0 Å². The van der Waals surface area contributed by atoms with Crippen LogP contribution < -0.4 is 0 Å². The third-order valence-electron chi connectivity index (χ3n) is 3.75. The first-order chi connectivity index (χ1) is 10.0. The first kappa shape index (κ1) is 14.5. The Labute approximate surface area is 134 Å². The molecule has 0 amide bonds. The molecule has 3 rings (SSSR count). The van der Waals surface area contributed by atoms with Crippen molar-refractivity contribution in [3.05, 3.63) is 33.6 Å². The molecular weight excluding hydrogens is 360 g/mol. The topological polar surface area (TPSA) is 76.2 Å². The lowest BCUT2D eigenvalue weighted by Gasteiger charge is -2.02. The number of nitrogens with zero attached hydrogens (tertiary/aromatic N) is 2. The first-order valence-electron chi connectivity index (χ1n) is 6.56. The van der Waals surface area contributed by atoms with Gasteiger partial charge >= 0.3 is 5.97 Å². The molecule has 0 bridgehead atoms. The second-order valence-corrected chi connectivity index (χ2v) is 6.39. The Bertz CT molecular complexity index is 689. The van der Waals surface area contributed by atoms with E-state index in [2.05, 4.69) is 26.1 Å². The average Bonchev–Trinajstić information content (AvgIpc) is 3.09.